The molecule has 5 aromatic carbocycles. The van der Waals surface area contributed by atoms with Crippen LogP contribution in [0.4, 0.5) is 0 Å². The molecule has 1 aromatic heterocycles. The summed E-state index contributed by atoms with van der Waals surface area (Å²) in [5.74, 6) is -0.269. The summed E-state index contributed by atoms with van der Waals surface area (Å²) in [4.78, 5) is 27.0. The Hall–Kier alpha value is -5.29. The number of amides is 1. The monoisotopic (exact) mass is 719 g/mol. The van der Waals surface area contributed by atoms with Gasteiger partial charge in [0, 0.05) is 57.8 Å². The number of nitrogens with one attached hydrogen (secondary N) is 1. The van der Waals surface area contributed by atoms with E-state index in [0.717, 1.165) is 84.6 Å². The molecule has 9 nitrogen and oxygen atoms in total. The smallest absolute Gasteiger partial charge is 0.271 e. The lowest BCUT2D eigenvalue weighted by molar-refractivity contribution is -0.253. The first-order valence-electron chi connectivity index (χ1n) is 18.8. The second-order valence-electron chi connectivity index (χ2n) is 14.1. The minimum atomic E-state index is -0.530. The molecule has 0 radical (unpaired) electrons. The van der Waals surface area contributed by atoms with E-state index in [0.29, 0.717) is 12.1 Å². The standard InChI is InChI=1S/C45H45N5O4/c51-31-33-14-16-35(17-15-33)43-26-38(30-50-24-22-49(23-25-50)29-32-8-2-1-3-9-32)53-45(54-43)36-20-18-34(19-21-36)39-11-5-4-10-37(39)27-47-44(52)42-28-46-40-12-6-7-13-41(40)48-42/h1-21,28,38,43,45,51H,22-27,29-31H2,(H,47,52). The van der Waals surface area contributed by atoms with Crippen molar-refractivity contribution in [3.63, 3.8) is 0 Å². The van der Waals surface area contributed by atoms with Gasteiger partial charge in [0.05, 0.1) is 36.0 Å². The van der Waals surface area contributed by atoms with Crippen molar-refractivity contribution in [2.75, 3.05) is 32.7 Å². The number of rotatable bonds is 11. The third-order valence-corrected chi connectivity index (χ3v) is 10.4. The number of hydrogen-bond acceptors (Lipinski definition) is 8. The quantitative estimate of drug-likeness (QED) is 0.147. The molecule has 2 fully saturated rings. The first kappa shape index (κ1) is 35.7. The van der Waals surface area contributed by atoms with Crippen LogP contribution in [-0.2, 0) is 29.2 Å². The van der Waals surface area contributed by atoms with Gasteiger partial charge in [-0.15, -0.1) is 0 Å². The van der Waals surface area contributed by atoms with Crippen LogP contribution in [-0.4, -0.2) is 69.6 Å². The van der Waals surface area contributed by atoms with Crippen LogP contribution in [0.5, 0.6) is 0 Å². The molecule has 2 saturated heterocycles. The van der Waals surface area contributed by atoms with Crippen LogP contribution in [0.3, 0.4) is 0 Å². The third-order valence-electron chi connectivity index (χ3n) is 10.4. The number of para-hydroxylation sites is 2. The predicted octanol–water partition coefficient (Wildman–Crippen LogP) is 7.08. The molecule has 0 spiro atoms. The summed E-state index contributed by atoms with van der Waals surface area (Å²) in [6.45, 7) is 6.22. The van der Waals surface area contributed by atoms with Crippen LogP contribution in [0.15, 0.2) is 134 Å². The highest BCUT2D eigenvalue weighted by Crippen LogP contribution is 2.39. The van der Waals surface area contributed by atoms with Gasteiger partial charge < -0.3 is 19.9 Å². The van der Waals surface area contributed by atoms with Gasteiger partial charge in [-0.05, 0) is 45.5 Å². The summed E-state index contributed by atoms with van der Waals surface area (Å²) < 4.78 is 13.4. The second-order valence-corrected chi connectivity index (χ2v) is 14.1. The van der Waals surface area contributed by atoms with E-state index in [9.17, 15) is 9.90 Å². The van der Waals surface area contributed by atoms with Crippen LogP contribution in [0.1, 0.15) is 57.1 Å². The number of nitrogens with zero attached hydrogens (tertiary/aromatic N) is 4. The van der Waals surface area contributed by atoms with Gasteiger partial charge in [0.1, 0.15) is 5.69 Å². The van der Waals surface area contributed by atoms with Crippen LogP contribution < -0.4 is 5.32 Å². The maximum absolute atomic E-state index is 13.1. The van der Waals surface area contributed by atoms with Crippen molar-refractivity contribution in [2.24, 2.45) is 0 Å². The molecule has 0 aliphatic carbocycles. The fraction of sp³-hybridized carbons (Fsp3) is 0.267. The minimum Gasteiger partial charge on any atom is -0.392 e. The molecule has 2 aliphatic heterocycles. The van der Waals surface area contributed by atoms with E-state index in [1.54, 1.807) is 0 Å². The van der Waals surface area contributed by atoms with Crippen LogP contribution in [0, 0.1) is 0 Å². The van der Waals surface area contributed by atoms with Crippen molar-refractivity contribution in [2.45, 2.75) is 44.6 Å². The Morgan fingerprint density at radius 3 is 2.19 bits per heavy atom. The van der Waals surface area contributed by atoms with Gasteiger partial charge >= 0.3 is 0 Å². The van der Waals surface area contributed by atoms with Gasteiger partial charge in [-0.2, -0.15) is 0 Å². The Morgan fingerprint density at radius 2 is 1.41 bits per heavy atom. The Kier molecular flexibility index (Phi) is 11.1. The van der Waals surface area contributed by atoms with Crippen LogP contribution in [0.25, 0.3) is 22.2 Å². The van der Waals surface area contributed by atoms with Crippen molar-refractivity contribution in [1.29, 1.82) is 0 Å². The highest BCUT2D eigenvalue weighted by molar-refractivity contribution is 5.93. The molecule has 6 aromatic rings. The Balaban J connectivity index is 0.947. The zero-order valence-electron chi connectivity index (χ0n) is 30.3. The number of hydrogen-bond donors (Lipinski definition) is 2. The molecule has 274 valence electrons. The molecular weight excluding hydrogens is 675 g/mol. The fourth-order valence-corrected chi connectivity index (χ4v) is 7.40. The summed E-state index contributed by atoms with van der Waals surface area (Å²) in [7, 11) is 0. The fourth-order valence-electron chi connectivity index (χ4n) is 7.40. The van der Waals surface area contributed by atoms with Gasteiger partial charge in [0.25, 0.3) is 5.91 Å². The number of ether oxygens (including phenoxy) is 2. The van der Waals surface area contributed by atoms with Crippen molar-refractivity contribution in [3.8, 4) is 11.1 Å². The number of carbonyl (C=O) groups excluding carboxylic acids is 1. The zero-order chi connectivity index (χ0) is 36.7. The van der Waals surface area contributed by atoms with Crippen molar-refractivity contribution in [1.82, 2.24) is 25.1 Å². The third kappa shape index (κ3) is 8.57. The number of aromatic nitrogens is 2. The second kappa shape index (κ2) is 16.8. The number of aliphatic hydroxyl groups is 1. The van der Waals surface area contributed by atoms with Crippen molar-refractivity contribution < 1.29 is 19.4 Å². The molecular formula is C45H45N5O4. The molecule has 54 heavy (non-hydrogen) atoms. The van der Waals surface area contributed by atoms with Gasteiger partial charge in [-0.1, -0.05) is 115 Å². The normalized spacial score (nSPS) is 19.5. The molecule has 8 rings (SSSR count). The summed E-state index contributed by atoms with van der Waals surface area (Å²) in [5.41, 5.74) is 9.05. The molecule has 3 atom stereocenters. The predicted molar refractivity (Wildman–Crippen MR) is 209 cm³/mol. The van der Waals surface area contributed by atoms with Crippen molar-refractivity contribution >= 4 is 16.9 Å². The van der Waals surface area contributed by atoms with Gasteiger partial charge in [-0.3, -0.25) is 19.6 Å². The Morgan fingerprint density at radius 1 is 0.722 bits per heavy atom. The van der Waals surface area contributed by atoms with Gasteiger partial charge in [-0.25, -0.2) is 4.98 Å². The number of aliphatic hydroxyl groups excluding tert-OH is 1. The molecule has 3 heterocycles. The van der Waals surface area contributed by atoms with Gasteiger partial charge in [0.2, 0.25) is 0 Å². The summed E-state index contributed by atoms with van der Waals surface area (Å²) in [6.07, 6.45) is 1.59. The first-order chi connectivity index (χ1) is 26.6. The van der Waals surface area contributed by atoms with Crippen molar-refractivity contribution in [3.05, 3.63) is 167 Å². The van der Waals surface area contributed by atoms with E-state index in [-0.39, 0.29) is 30.4 Å². The van der Waals surface area contributed by atoms with E-state index in [1.807, 2.05) is 54.6 Å². The highest BCUT2D eigenvalue weighted by Gasteiger charge is 2.34. The van der Waals surface area contributed by atoms with E-state index < -0.39 is 6.29 Å². The molecule has 9 heteroatoms. The van der Waals surface area contributed by atoms with Gasteiger partial charge in [0.15, 0.2) is 6.29 Å². The Bertz CT molecular complexity index is 2150. The maximum atomic E-state index is 13.1. The number of benzene rings is 5. The zero-order valence-corrected chi connectivity index (χ0v) is 30.3. The SMILES string of the molecule is O=C(NCc1ccccc1-c1ccc(C2OC(CN3CCN(Cc4ccccc4)CC3)CC(c3ccc(CO)cc3)O2)cc1)c1cnc2ccccc2n1. The topological polar surface area (TPSA) is 100 Å². The van der Waals surface area contributed by atoms with E-state index >= 15 is 0 Å². The first-order valence-corrected chi connectivity index (χ1v) is 18.8. The molecule has 0 saturated carbocycles. The maximum Gasteiger partial charge on any atom is 0.271 e. The molecule has 1 amide bonds. The van der Waals surface area contributed by atoms with E-state index in [4.69, 9.17) is 9.47 Å². The van der Waals surface area contributed by atoms with E-state index in [2.05, 4.69) is 97.9 Å². The minimum absolute atomic E-state index is 0.0109. The van der Waals surface area contributed by atoms with Crippen LogP contribution in [0.2, 0.25) is 0 Å². The summed E-state index contributed by atoms with van der Waals surface area (Å²) >= 11 is 0. The highest BCUT2D eigenvalue weighted by atomic mass is 16.7. The summed E-state index contributed by atoms with van der Waals surface area (Å²) in [5, 5.41) is 12.7. The largest absolute Gasteiger partial charge is 0.392 e. The van der Waals surface area contributed by atoms with E-state index in [1.165, 1.54) is 11.8 Å². The lowest BCUT2D eigenvalue weighted by Gasteiger charge is -2.40. The lowest BCUT2D eigenvalue weighted by atomic mass is 9.97. The molecule has 3 unspecified atom stereocenters. The Labute approximate surface area is 316 Å². The molecule has 2 aliphatic rings. The van der Waals surface area contributed by atoms with Crippen LogP contribution >= 0.6 is 0 Å². The molecule has 0 bridgehead atoms. The number of piperazine rings is 1. The molecule has 2 N–H and O–H groups in total. The summed E-state index contributed by atoms with van der Waals surface area (Å²) in [6, 6.07) is 42.7. The number of carbonyl (C=O) groups is 1. The lowest BCUT2D eigenvalue weighted by Crippen LogP contribution is -2.49. The number of fused-ring (bicyclic) bond motifs is 1. The average molecular weight is 720 g/mol. The average Bonchev–Trinajstić information content (AvgIpc) is 3.24.